The maximum atomic E-state index is 12.8. The summed E-state index contributed by atoms with van der Waals surface area (Å²) in [7, 11) is 1.56. The molecule has 0 aliphatic carbocycles. The van der Waals surface area contributed by atoms with Gasteiger partial charge in [0.15, 0.2) is 0 Å². The lowest BCUT2D eigenvalue weighted by molar-refractivity contribution is 0.413. The average Bonchev–Trinajstić information content (AvgIpc) is 2.16. The average molecular weight is 177 g/mol. The molecule has 1 aromatic heterocycles. The predicted octanol–water partition coefficient (Wildman–Crippen LogP) is 2.38. The van der Waals surface area contributed by atoms with Crippen molar-refractivity contribution in [1.29, 1.82) is 0 Å². The van der Waals surface area contributed by atoms with E-state index in [1.807, 2.05) is 0 Å². The summed E-state index contributed by atoms with van der Waals surface area (Å²) in [5, 5.41) is 0.749. The number of rotatable bonds is 1. The number of ether oxygens (including phenoxy) is 1. The molecule has 0 amide bonds. The molecule has 0 aliphatic rings. The molecule has 2 nitrogen and oxygen atoms in total. The molecule has 0 unspecified atom stereocenters. The molecule has 0 atom stereocenters. The lowest BCUT2D eigenvalue weighted by atomic mass is 10.2. The second-order valence-corrected chi connectivity index (χ2v) is 2.71. The van der Waals surface area contributed by atoms with Gasteiger partial charge in [0.05, 0.1) is 18.8 Å². The van der Waals surface area contributed by atoms with Crippen LogP contribution in [0.2, 0.25) is 0 Å². The van der Waals surface area contributed by atoms with Crippen LogP contribution in [-0.4, -0.2) is 12.1 Å². The van der Waals surface area contributed by atoms with Crippen LogP contribution in [0.5, 0.6) is 5.75 Å². The first kappa shape index (κ1) is 7.98. The Balaban J connectivity index is 2.68. The van der Waals surface area contributed by atoms with Gasteiger partial charge in [-0.25, -0.2) is 4.39 Å². The van der Waals surface area contributed by atoms with Gasteiger partial charge in [0.25, 0.3) is 0 Å². The normalized spacial score (nSPS) is 10.3. The lowest BCUT2D eigenvalue weighted by Crippen LogP contribution is -1.85. The number of hydrogen-bond acceptors (Lipinski definition) is 2. The van der Waals surface area contributed by atoms with E-state index in [4.69, 9.17) is 4.74 Å². The zero-order chi connectivity index (χ0) is 9.26. The third kappa shape index (κ3) is 1.45. The number of pyridine rings is 1. The van der Waals surface area contributed by atoms with E-state index in [0.717, 1.165) is 10.9 Å². The largest absolute Gasteiger partial charge is 0.495 e. The van der Waals surface area contributed by atoms with Crippen molar-refractivity contribution in [2.75, 3.05) is 7.11 Å². The highest BCUT2D eigenvalue weighted by Gasteiger charge is 1.98. The number of halogens is 1. The molecule has 0 aliphatic heterocycles. The van der Waals surface area contributed by atoms with Gasteiger partial charge in [-0.3, -0.25) is 4.98 Å². The second-order valence-electron chi connectivity index (χ2n) is 2.71. The summed E-state index contributed by atoms with van der Waals surface area (Å²) in [5.41, 5.74) is 0.766. The smallest absolute Gasteiger partial charge is 0.137 e. The molecule has 0 bridgehead atoms. The predicted molar refractivity (Wildman–Crippen MR) is 48.3 cm³/mol. The Hall–Kier alpha value is -1.64. The van der Waals surface area contributed by atoms with Gasteiger partial charge in [-0.2, -0.15) is 0 Å². The van der Waals surface area contributed by atoms with Crippen molar-refractivity contribution in [3.05, 3.63) is 36.3 Å². The molecule has 2 aromatic rings. The zero-order valence-electron chi connectivity index (χ0n) is 7.12. The molecule has 0 radical (unpaired) electrons. The Bertz CT molecular complexity index is 442. The van der Waals surface area contributed by atoms with Crippen LogP contribution in [0.4, 0.5) is 4.39 Å². The topological polar surface area (TPSA) is 22.1 Å². The molecular weight excluding hydrogens is 169 g/mol. The summed E-state index contributed by atoms with van der Waals surface area (Å²) >= 11 is 0. The fourth-order valence-electron chi connectivity index (χ4n) is 1.19. The molecule has 2 rings (SSSR count). The van der Waals surface area contributed by atoms with Crippen molar-refractivity contribution < 1.29 is 9.13 Å². The highest BCUT2D eigenvalue weighted by Crippen LogP contribution is 2.18. The van der Waals surface area contributed by atoms with E-state index in [2.05, 4.69) is 4.98 Å². The van der Waals surface area contributed by atoms with Crippen LogP contribution < -0.4 is 4.74 Å². The quantitative estimate of drug-likeness (QED) is 0.667. The van der Waals surface area contributed by atoms with Gasteiger partial charge in [0.2, 0.25) is 0 Å². The van der Waals surface area contributed by atoms with Gasteiger partial charge in [-0.15, -0.1) is 0 Å². The number of benzene rings is 1. The highest BCUT2D eigenvalue weighted by atomic mass is 19.1. The van der Waals surface area contributed by atoms with Crippen LogP contribution in [0.3, 0.4) is 0 Å². The van der Waals surface area contributed by atoms with Crippen molar-refractivity contribution >= 4 is 10.9 Å². The van der Waals surface area contributed by atoms with Crippen molar-refractivity contribution in [2.24, 2.45) is 0 Å². The van der Waals surface area contributed by atoms with Gasteiger partial charge in [0.1, 0.15) is 11.6 Å². The number of nitrogens with zero attached hydrogens (tertiary/aromatic N) is 1. The Labute approximate surface area is 75.0 Å². The summed E-state index contributed by atoms with van der Waals surface area (Å²) in [6.45, 7) is 0. The first-order valence-electron chi connectivity index (χ1n) is 3.89. The SMILES string of the molecule is COc1cnc2ccc(F)cc2c1. The van der Waals surface area contributed by atoms with Crippen molar-refractivity contribution in [3.8, 4) is 5.75 Å². The first-order valence-corrected chi connectivity index (χ1v) is 3.89. The summed E-state index contributed by atoms with van der Waals surface area (Å²) < 4.78 is 17.8. The number of aromatic nitrogens is 1. The minimum atomic E-state index is -0.262. The van der Waals surface area contributed by atoms with Crippen LogP contribution in [-0.2, 0) is 0 Å². The number of fused-ring (bicyclic) bond motifs is 1. The fraction of sp³-hybridized carbons (Fsp3) is 0.100. The Morgan fingerprint density at radius 1 is 1.31 bits per heavy atom. The van der Waals surface area contributed by atoms with E-state index in [9.17, 15) is 4.39 Å². The molecule has 1 heterocycles. The number of hydrogen-bond donors (Lipinski definition) is 0. The van der Waals surface area contributed by atoms with E-state index in [0.29, 0.717) is 5.75 Å². The van der Waals surface area contributed by atoms with Crippen molar-refractivity contribution in [2.45, 2.75) is 0 Å². The van der Waals surface area contributed by atoms with Crippen LogP contribution in [0.1, 0.15) is 0 Å². The highest BCUT2D eigenvalue weighted by molar-refractivity contribution is 5.79. The number of methoxy groups -OCH3 is 1. The second kappa shape index (κ2) is 3.01. The Kier molecular flexibility index (Phi) is 1.85. The molecular formula is C10H8FNO. The minimum absolute atomic E-state index is 0.262. The van der Waals surface area contributed by atoms with Crippen molar-refractivity contribution in [3.63, 3.8) is 0 Å². The van der Waals surface area contributed by atoms with Gasteiger partial charge >= 0.3 is 0 Å². The van der Waals surface area contributed by atoms with E-state index >= 15 is 0 Å². The molecule has 13 heavy (non-hydrogen) atoms. The van der Waals surface area contributed by atoms with E-state index in [-0.39, 0.29) is 5.82 Å². The molecule has 0 saturated heterocycles. The zero-order valence-corrected chi connectivity index (χ0v) is 7.12. The summed E-state index contributed by atoms with van der Waals surface area (Å²) in [5.74, 6) is 0.376. The van der Waals surface area contributed by atoms with Crippen LogP contribution in [0, 0.1) is 5.82 Å². The lowest BCUT2D eigenvalue weighted by Gasteiger charge is -2.00. The minimum Gasteiger partial charge on any atom is -0.495 e. The standard InChI is InChI=1S/C10H8FNO/c1-13-9-5-7-4-8(11)2-3-10(7)12-6-9/h2-6H,1H3. The van der Waals surface area contributed by atoms with Gasteiger partial charge in [-0.05, 0) is 24.3 Å². The third-order valence-electron chi connectivity index (χ3n) is 1.85. The Morgan fingerprint density at radius 2 is 2.15 bits per heavy atom. The van der Waals surface area contributed by atoms with Crippen LogP contribution >= 0.6 is 0 Å². The molecule has 0 saturated carbocycles. The Morgan fingerprint density at radius 3 is 2.92 bits per heavy atom. The third-order valence-corrected chi connectivity index (χ3v) is 1.85. The van der Waals surface area contributed by atoms with Gasteiger partial charge in [-0.1, -0.05) is 0 Å². The molecule has 0 fully saturated rings. The summed E-state index contributed by atoms with van der Waals surface area (Å²) in [6.07, 6.45) is 1.61. The summed E-state index contributed by atoms with van der Waals surface area (Å²) in [6, 6.07) is 6.22. The van der Waals surface area contributed by atoms with Gasteiger partial charge < -0.3 is 4.74 Å². The van der Waals surface area contributed by atoms with Crippen LogP contribution in [0.15, 0.2) is 30.5 Å². The maximum absolute atomic E-state index is 12.8. The van der Waals surface area contributed by atoms with E-state index in [1.54, 1.807) is 25.4 Å². The molecule has 0 spiro atoms. The van der Waals surface area contributed by atoms with Crippen molar-refractivity contribution in [1.82, 2.24) is 4.98 Å². The molecule has 66 valence electrons. The van der Waals surface area contributed by atoms with E-state index < -0.39 is 0 Å². The van der Waals surface area contributed by atoms with E-state index in [1.165, 1.54) is 12.1 Å². The molecule has 3 heteroatoms. The van der Waals surface area contributed by atoms with Crippen LogP contribution in [0.25, 0.3) is 10.9 Å². The molecule has 0 N–H and O–H groups in total. The molecule has 1 aromatic carbocycles. The fourth-order valence-corrected chi connectivity index (χ4v) is 1.19. The van der Waals surface area contributed by atoms with Gasteiger partial charge in [0, 0.05) is 5.39 Å². The summed E-state index contributed by atoms with van der Waals surface area (Å²) in [4.78, 5) is 4.10. The monoisotopic (exact) mass is 177 g/mol. The first-order chi connectivity index (χ1) is 6.29. The maximum Gasteiger partial charge on any atom is 0.137 e.